The minimum absolute atomic E-state index is 0.678. The van der Waals surface area contributed by atoms with Gasteiger partial charge in [-0.1, -0.05) is 29.8 Å². The molecule has 5 heteroatoms. The highest BCUT2D eigenvalue weighted by atomic mass is 16.5. The summed E-state index contributed by atoms with van der Waals surface area (Å²) in [6.07, 6.45) is 1.84. The Bertz CT molecular complexity index is 1110. The van der Waals surface area contributed by atoms with E-state index in [0.717, 1.165) is 45.8 Å². The molecular formula is C20H18N4O. The summed E-state index contributed by atoms with van der Waals surface area (Å²) in [5.74, 6) is 0.859. The van der Waals surface area contributed by atoms with E-state index in [-0.39, 0.29) is 0 Å². The van der Waals surface area contributed by atoms with E-state index in [0.29, 0.717) is 6.61 Å². The van der Waals surface area contributed by atoms with Gasteiger partial charge in [0, 0.05) is 12.6 Å². The Morgan fingerprint density at radius 2 is 2.00 bits per heavy atom. The predicted octanol–water partition coefficient (Wildman–Crippen LogP) is 3.80. The van der Waals surface area contributed by atoms with Crippen LogP contribution in [0.1, 0.15) is 5.56 Å². The van der Waals surface area contributed by atoms with E-state index in [1.807, 2.05) is 22.6 Å². The van der Waals surface area contributed by atoms with Crippen molar-refractivity contribution >= 4 is 11.0 Å². The van der Waals surface area contributed by atoms with Gasteiger partial charge in [-0.3, -0.25) is 0 Å². The second-order valence-electron chi connectivity index (χ2n) is 6.53. The third-order valence-electron chi connectivity index (χ3n) is 4.75. The van der Waals surface area contributed by atoms with Crippen LogP contribution in [0.4, 0.5) is 0 Å². The van der Waals surface area contributed by atoms with Gasteiger partial charge in [-0.05, 0) is 30.7 Å². The number of hydrogen-bond acceptors (Lipinski definition) is 3. The standard InChI is InChI=1S/C20H18N4O/c1-13-4-3-5-15(10-13)19-18(20-24(22-19)8-9-25-20)14-6-7-16-17(11-14)23(2)12-21-16/h3-7,10-12H,8-9H2,1-2H3. The van der Waals surface area contributed by atoms with Crippen molar-refractivity contribution in [2.24, 2.45) is 7.05 Å². The maximum Gasteiger partial charge on any atom is 0.220 e. The molecule has 5 rings (SSSR count). The number of rotatable bonds is 2. The van der Waals surface area contributed by atoms with Crippen molar-refractivity contribution < 1.29 is 4.74 Å². The lowest BCUT2D eigenvalue weighted by Gasteiger charge is -2.07. The molecule has 0 fully saturated rings. The van der Waals surface area contributed by atoms with E-state index in [1.165, 1.54) is 5.56 Å². The minimum atomic E-state index is 0.678. The van der Waals surface area contributed by atoms with Crippen LogP contribution in [0.5, 0.6) is 5.88 Å². The average Bonchev–Trinajstić information content (AvgIpc) is 3.29. The van der Waals surface area contributed by atoms with Gasteiger partial charge in [0.15, 0.2) is 0 Å². The molecule has 0 saturated carbocycles. The van der Waals surface area contributed by atoms with Crippen LogP contribution in [0.2, 0.25) is 0 Å². The van der Waals surface area contributed by atoms with Crippen molar-refractivity contribution in [1.29, 1.82) is 0 Å². The largest absolute Gasteiger partial charge is 0.475 e. The molecular weight excluding hydrogens is 312 g/mol. The first-order valence-corrected chi connectivity index (χ1v) is 8.43. The van der Waals surface area contributed by atoms with Gasteiger partial charge < -0.3 is 9.30 Å². The Morgan fingerprint density at radius 1 is 1.08 bits per heavy atom. The topological polar surface area (TPSA) is 44.9 Å². The van der Waals surface area contributed by atoms with Crippen LogP contribution >= 0.6 is 0 Å². The summed E-state index contributed by atoms with van der Waals surface area (Å²) in [5.41, 5.74) is 7.57. The second kappa shape index (κ2) is 5.21. The third kappa shape index (κ3) is 2.16. The lowest BCUT2D eigenvalue weighted by molar-refractivity contribution is 0.358. The number of imidazole rings is 1. The Hall–Kier alpha value is -3.08. The first-order chi connectivity index (χ1) is 12.2. The third-order valence-corrected chi connectivity index (χ3v) is 4.75. The zero-order valence-corrected chi connectivity index (χ0v) is 14.2. The molecule has 0 saturated heterocycles. The van der Waals surface area contributed by atoms with E-state index < -0.39 is 0 Å². The summed E-state index contributed by atoms with van der Waals surface area (Å²) < 4.78 is 9.93. The molecule has 0 aliphatic carbocycles. The van der Waals surface area contributed by atoms with Crippen LogP contribution in [-0.2, 0) is 13.6 Å². The Kier molecular flexibility index (Phi) is 2.98. The molecule has 0 unspecified atom stereocenters. The maximum atomic E-state index is 5.92. The van der Waals surface area contributed by atoms with Gasteiger partial charge in [0.05, 0.1) is 29.5 Å². The molecule has 0 radical (unpaired) electrons. The molecule has 2 aromatic carbocycles. The number of fused-ring (bicyclic) bond motifs is 2. The zero-order valence-electron chi connectivity index (χ0n) is 14.2. The number of aromatic nitrogens is 4. The summed E-state index contributed by atoms with van der Waals surface area (Å²) >= 11 is 0. The van der Waals surface area contributed by atoms with E-state index >= 15 is 0 Å². The zero-order chi connectivity index (χ0) is 17.0. The minimum Gasteiger partial charge on any atom is -0.475 e. The van der Waals surface area contributed by atoms with E-state index in [2.05, 4.69) is 54.4 Å². The van der Waals surface area contributed by atoms with Crippen LogP contribution in [0.15, 0.2) is 48.8 Å². The fraction of sp³-hybridized carbons (Fsp3) is 0.200. The van der Waals surface area contributed by atoms with Crippen molar-refractivity contribution in [2.75, 3.05) is 6.61 Å². The highest BCUT2D eigenvalue weighted by Crippen LogP contribution is 2.41. The summed E-state index contributed by atoms with van der Waals surface area (Å²) in [6.45, 7) is 3.57. The summed E-state index contributed by atoms with van der Waals surface area (Å²) in [7, 11) is 2.01. The van der Waals surface area contributed by atoms with Crippen LogP contribution in [0, 0.1) is 6.92 Å². The number of hydrogen-bond donors (Lipinski definition) is 0. The number of ether oxygens (including phenoxy) is 1. The van der Waals surface area contributed by atoms with E-state index in [9.17, 15) is 0 Å². The van der Waals surface area contributed by atoms with Gasteiger partial charge in [0.1, 0.15) is 12.3 Å². The molecule has 1 aliphatic heterocycles. The van der Waals surface area contributed by atoms with Gasteiger partial charge in [-0.15, -0.1) is 0 Å². The fourth-order valence-electron chi connectivity index (χ4n) is 3.51. The normalized spacial score (nSPS) is 13.2. The van der Waals surface area contributed by atoms with Gasteiger partial charge in [-0.2, -0.15) is 5.10 Å². The second-order valence-corrected chi connectivity index (χ2v) is 6.53. The average molecular weight is 330 g/mol. The van der Waals surface area contributed by atoms with Gasteiger partial charge >= 0.3 is 0 Å². The summed E-state index contributed by atoms with van der Waals surface area (Å²) in [4.78, 5) is 4.42. The Labute approximate surface area is 145 Å². The molecule has 4 aromatic rings. The van der Waals surface area contributed by atoms with Crippen molar-refractivity contribution in [3.8, 4) is 28.3 Å². The number of aryl methyl sites for hydroxylation is 2. The molecule has 2 aromatic heterocycles. The van der Waals surface area contributed by atoms with Gasteiger partial charge in [0.25, 0.3) is 0 Å². The van der Waals surface area contributed by atoms with Crippen molar-refractivity contribution in [2.45, 2.75) is 13.5 Å². The molecule has 0 N–H and O–H groups in total. The van der Waals surface area contributed by atoms with Crippen LogP contribution < -0.4 is 4.74 Å². The highest BCUT2D eigenvalue weighted by Gasteiger charge is 2.25. The maximum absolute atomic E-state index is 5.92. The Morgan fingerprint density at radius 3 is 2.88 bits per heavy atom. The van der Waals surface area contributed by atoms with Crippen LogP contribution in [0.3, 0.4) is 0 Å². The number of benzene rings is 2. The molecule has 3 heterocycles. The Balaban J connectivity index is 1.78. The fourth-order valence-corrected chi connectivity index (χ4v) is 3.51. The van der Waals surface area contributed by atoms with Gasteiger partial charge in [0.2, 0.25) is 5.88 Å². The van der Waals surface area contributed by atoms with Crippen molar-refractivity contribution in [1.82, 2.24) is 19.3 Å². The lowest BCUT2D eigenvalue weighted by Crippen LogP contribution is -1.96. The highest BCUT2D eigenvalue weighted by molar-refractivity contribution is 5.90. The smallest absolute Gasteiger partial charge is 0.220 e. The van der Waals surface area contributed by atoms with Crippen LogP contribution in [-0.4, -0.2) is 25.9 Å². The molecule has 5 nitrogen and oxygen atoms in total. The molecule has 0 bridgehead atoms. The lowest BCUT2D eigenvalue weighted by atomic mass is 10.00. The first-order valence-electron chi connectivity index (χ1n) is 8.43. The van der Waals surface area contributed by atoms with Crippen LogP contribution in [0.25, 0.3) is 33.4 Å². The quantitative estimate of drug-likeness (QED) is 0.561. The molecule has 124 valence electrons. The van der Waals surface area contributed by atoms with Gasteiger partial charge in [-0.25, -0.2) is 9.67 Å². The predicted molar refractivity (Wildman–Crippen MR) is 97.6 cm³/mol. The molecule has 0 amide bonds. The van der Waals surface area contributed by atoms with Crippen molar-refractivity contribution in [3.63, 3.8) is 0 Å². The van der Waals surface area contributed by atoms with E-state index in [4.69, 9.17) is 9.84 Å². The molecule has 0 atom stereocenters. The summed E-state index contributed by atoms with van der Waals surface area (Å²) in [5, 5.41) is 4.84. The molecule has 25 heavy (non-hydrogen) atoms. The summed E-state index contributed by atoms with van der Waals surface area (Å²) in [6, 6.07) is 14.8. The molecule has 0 spiro atoms. The number of nitrogens with zero attached hydrogens (tertiary/aromatic N) is 4. The monoisotopic (exact) mass is 330 g/mol. The van der Waals surface area contributed by atoms with E-state index in [1.54, 1.807) is 0 Å². The molecule has 1 aliphatic rings. The SMILES string of the molecule is Cc1cccc(-c2nn3c(c2-c2ccc4ncn(C)c4c2)OCC3)c1. The van der Waals surface area contributed by atoms with Crippen molar-refractivity contribution in [3.05, 3.63) is 54.4 Å². The first kappa shape index (κ1) is 14.3.